The van der Waals surface area contributed by atoms with E-state index in [0.717, 1.165) is 0 Å². The van der Waals surface area contributed by atoms with Crippen LogP contribution in [0.1, 0.15) is 0 Å². The van der Waals surface area contributed by atoms with Crippen LogP contribution < -0.4 is 124 Å². The number of hydrogen-bond donors (Lipinski definition) is 5. The third-order valence-corrected chi connectivity index (χ3v) is 1.88. The molecule has 0 heterocycles. The van der Waals surface area contributed by atoms with Gasteiger partial charge < -0.3 is 26.6 Å². The van der Waals surface area contributed by atoms with Crippen molar-refractivity contribution in [3.05, 3.63) is 0 Å². The molecule has 0 rings (SSSR count). The van der Waals surface area contributed by atoms with E-state index in [1.165, 1.54) is 0 Å². The number of carboxylic acids is 4. The van der Waals surface area contributed by atoms with Crippen molar-refractivity contribution in [3.8, 4) is 0 Å². The number of quaternary nitrogens is 1. The minimum absolute atomic E-state index is 0. The molecule has 0 unspecified atom stereocenters. The first-order chi connectivity index (χ1) is 7.67. The number of hydrogen-bond acceptors (Lipinski definition) is 5. The van der Waals surface area contributed by atoms with Crippen LogP contribution in [0.4, 0.5) is 0 Å². The van der Waals surface area contributed by atoms with Crippen LogP contribution in [0.3, 0.4) is 0 Å². The normalized spacial score (nSPS) is 8.36. The zero-order valence-electron chi connectivity index (χ0n) is 13.4. The van der Waals surface area contributed by atoms with Gasteiger partial charge in [-0.05, 0) is 0 Å². The van der Waals surface area contributed by atoms with Crippen molar-refractivity contribution in [3.63, 3.8) is 0 Å². The van der Waals surface area contributed by atoms with Gasteiger partial charge in [-0.1, -0.05) is 0 Å². The second kappa shape index (κ2) is 19.1. The van der Waals surface area contributed by atoms with Gasteiger partial charge in [-0.25, -0.2) is 19.2 Å². The molecule has 0 aliphatic rings. The fourth-order valence-electron chi connectivity index (χ4n) is 1.48. The molecule has 0 aromatic heterocycles. The molecule has 0 aliphatic heterocycles. The molecular formula is C8H15N2Na4O8+5. The standard InChI is InChI=1S/C8H11NO8.H3N.4Na/c10-5(11)1-9(2-6(12)13,3-7(14)15)4-8(16)17;;;;;/h1-4H2,(H3-,10,11,12,13,14,15,16,17);1H3;;;;/q;;4*+1/p+1. The van der Waals surface area contributed by atoms with E-state index in [4.69, 9.17) is 20.4 Å². The quantitative estimate of drug-likeness (QED) is 0.207. The van der Waals surface area contributed by atoms with Gasteiger partial charge in [-0.2, -0.15) is 0 Å². The van der Waals surface area contributed by atoms with Crippen molar-refractivity contribution in [1.82, 2.24) is 6.15 Å². The summed E-state index contributed by atoms with van der Waals surface area (Å²) >= 11 is 0. The smallest absolute Gasteiger partial charge is 0.477 e. The summed E-state index contributed by atoms with van der Waals surface area (Å²) in [4.78, 5) is 42.3. The first-order valence-electron chi connectivity index (χ1n) is 4.39. The number of carbonyl (C=O) groups is 4. The van der Waals surface area contributed by atoms with Crippen molar-refractivity contribution in [2.75, 3.05) is 26.2 Å². The van der Waals surface area contributed by atoms with Gasteiger partial charge in [0, 0.05) is 0 Å². The SMILES string of the molecule is N.O=C(O)C[N+](CC(=O)O)(CC(=O)O)CC(=O)O.[Na+].[Na+].[Na+].[Na+]. The Labute approximate surface area is 215 Å². The summed E-state index contributed by atoms with van der Waals surface area (Å²) in [5, 5.41) is 34.4. The molecule has 0 bridgehead atoms. The molecule has 0 aromatic rings. The third-order valence-electron chi connectivity index (χ3n) is 1.88. The van der Waals surface area contributed by atoms with E-state index in [-0.39, 0.29) is 124 Å². The van der Waals surface area contributed by atoms with Crippen LogP contribution in [0.2, 0.25) is 0 Å². The number of rotatable bonds is 8. The molecule has 104 valence electrons. The first kappa shape index (κ1) is 39.0. The molecule has 10 nitrogen and oxygen atoms in total. The summed E-state index contributed by atoms with van der Waals surface area (Å²) in [6, 6.07) is 0. The van der Waals surface area contributed by atoms with E-state index in [9.17, 15) is 19.2 Å². The Morgan fingerprint density at radius 2 is 0.682 bits per heavy atom. The van der Waals surface area contributed by atoms with E-state index < -0.39 is 54.5 Å². The molecule has 0 saturated heterocycles. The van der Waals surface area contributed by atoms with Gasteiger partial charge in [-0.3, -0.25) is 4.48 Å². The molecule has 0 atom stereocenters. The zero-order valence-corrected chi connectivity index (χ0v) is 21.4. The van der Waals surface area contributed by atoms with Crippen molar-refractivity contribution in [2.24, 2.45) is 0 Å². The Morgan fingerprint density at radius 3 is 0.773 bits per heavy atom. The van der Waals surface area contributed by atoms with E-state index in [1.807, 2.05) is 0 Å². The molecule has 0 aromatic carbocycles. The summed E-state index contributed by atoms with van der Waals surface area (Å²) < 4.78 is -1.07. The van der Waals surface area contributed by atoms with Crippen LogP contribution in [-0.2, 0) is 19.2 Å². The molecule has 0 spiro atoms. The Bertz CT molecular complexity index is 299. The van der Waals surface area contributed by atoms with Crippen LogP contribution in [0, 0.1) is 0 Å². The summed E-state index contributed by atoms with van der Waals surface area (Å²) in [5.74, 6) is -5.86. The van der Waals surface area contributed by atoms with Gasteiger partial charge in [0.05, 0.1) is 0 Å². The van der Waals surface area contributed by atoms with Gasteiger partial charge in [0.2, 0.25) is 0 Å². The summed E-state index contributed by atoms with van der Waals surface area (Å²) in [5.41, 5.74) is 0. The second-order valence-electron chi connectivity index (χ2n) is 3.55. The Kier molecular flexibility index (Phi) is 34.0. The number of carboxylic acid groups (broad SMARTS) is 4. The van der Waals surface area contributed by atoms with Gasteiger partial charge in [-0.15, -0.1) is 0 Å². The Balaban J connectivity index is -0.000000128. The van der Waals surface area contributed by atoms with Crippen LogP contribution in [0.15, 0.2) is 0 Å². The van der Waals surface area contributed by atoms with Gasteiger partial charge in [0.15, 0.2) is 26.2 Å². The van der Waals surface area contributed by atoms with Gasteiger partial charge in [0.1, 0.15) is 0 Å². The molecule has 0 fully saturated rings. The van der Waals surface area contributed by atoms with Crippen LogP contribution in [-0.4, -0.2) is 75.0 Å². The maximum Gasteiger partial charge on any atom is 1.00 e. The number of aliphatic carboxylic acids is 4. The van der Waals surface area contributed by atoms with E-state index in [2.05, 4.69) is 0 Å². The van der Waals surface area contributed by atoms with Crippen molar-refractivity contribution in [1.29, 1.82) is 0 Å². The summed E-state index contributed by atoms with van der Waals surface area (Å²) in [6.45, 7) is -3.54. The Morgan fingerprint density at radius 1 is 0.545 bits per heavy atom. The third kappa shape index (κ3) is 19.8. The van der Waals surface area contributed by atoms with Crippen LogP contribution >= 0.6 is 0 Å². The van der Waals surface area contributed by atoms with Crippen LogP contribution in [0.5, 0.6) is 0 Å². The largest absolute Gasteiger partial charge is 1.00 e. The molecule has 0 radical (unpaired) electrons. The molecule has 0 saturated carbocycles. The fourth-order valence-corrected chi connectivity index (χ4v) is 1.48. The topological polar surface area (TPSA) is 184 Å². The number of nitrogens with zero attached hydrogens (tertiary/aromatic N) is 1. The van der Waals surface area contributed by atoms with Crippen molar-refractivity contribution < 1.29 is 162 Å². The second-order valence-corrected chi connectivity index (χ2v) is 3.55. The molecule has 22 heavy (non-hydrogen) atoms. The monoisotopic (exact) mass is 359 g/mol. The molecule has 7 N–H and O–H groups in total. The fraction of sp³-hybridized carbons (Fsp3) is 0.500. The predicted octanol–water partition coefficient (Wildman–Crippen LogP) is -13.7. The summed E-state index contributed by atoms with van der Waals surface area (Å²) in [7, 11) is 0. The zero-order chi connectivity index (χ0) is 13.6. The minimum atomic E-state index is -1.46. The summed E-state index contributed by atoms with van der Waals surface area (Å²) in [6.07, 6.45) is 0. The van der Waals surface area contributed by atoms with Gasteiger partial charge in [0.25, 0.3) is 0 Å². The minimum Gasteiger partial charge on any atom is -0.477 e. The Hall–Kier alpha value is 1.80. The average molecular weight is 359 g/mol. The van der Waals surface area contributed by atoms with E-state index >= 15 is 0 Å². The molecule has 0 aliphatic carbocycles. The first-order valence-corrected chi connectivity index (χ1v) is 4.39. The van der Waals surface area contributed by atoms with E-state index in [1.54, 1.807) is 0 Å². The molecule has 0 amide bonds. The van der Waals surface area contributed by atoms with Gasteiger partial charge >= 0.3 is 142 Å². The van der Waals surface area contributed by atoms with Crippen molar-refractivity contribution in [2.45, 2.75) is 0 Å². The predicted molar refractivity (Wildman–Crippen MR) is 55.3 cm³/mol. The average Bonchev–Trinajstić information content (AvgIpc) is 1.95. The van der Waals surface area contributed by atoms with Crippen molar-refractivity contribution >= 4 is 23.9 Å². The maximum atomic E-state index is 10.6. The maximum absolute atomic E-state index is 10.6. The van der Waals surface area contributed by atoms with E-state index in [0.29, 0.717) is 0 Å². The molecule has 14 heteroatoms. The molecular weight excluding hydrogens is 344 g/mol. The van der Waals surface area contributed by atoms with Crippen LogP contribution in [0.25, 0.3) is 0 Å².